The van der Waals surface area contributed by atoms with Crippen molar-refractivity contribution in [2.24, 2.45) is 7.05 Å². The van der Waals surface area contributed by atoms with Gasteiger partial charge in [-0.05, 0) is 12.5 Å². The molecule has 0 aliphatic carbocycles. The van der Waals surface area contributed by atoms with Crippen LogP contribution in [0, 0.1) is 0 Å². The molecule has 2 N–H and O–H groups in total. The normalized spacial score (nSPS) is 11.7. The summed E-state index contributed by atoms with van der Waals surface area (Å²) < 4.78 is 27.9. The maximum Gasteiger partial charge on any atom is 0.352 e. The molecule has 0 unspecified atom stereocenters. The molecule has 2 rings (SSSR count). The maximum atomic E-state index is 12.1. The van der Waals surface area contributed by atoms with Crippen LogP contribution in [-0.4, -0.2) is 29.0 Å². The Morgan fingerprint density at radius 3 is 2.76 bits per heavy atom. The molecule has 21 heavy (non-hydrogen) atoms. The third-order valence-electron chi connectivity index (χ3n) is 2.87. The molecule has 2 heterocycles. The Labute approximate surface area is 126 Å². The highest BCUT2D eigenvalue weighted by atomic mass is 32.2. The minimum Gasteiger partial charge on any atom is -0.477 e. The standard InChI is InChI=1S/C12H15N3O4S2/c1-3-8-5-13-11(20-8)6-14-21(18,19)9-4-10(12(16)17)15(2)7-9/h4-5,7,14H,3,6H2,1-2H3,(H,16,17). The molecule has 0 amide bonds. The lowest BCUT2D eigenvalue weighted by Crippen LogP contribution is -2.22. The summed E-state index contributed by atoms with van der Waals surface area (Å²) in [6.07, 6.45) is 3.84. The summed E-state index contributed by atoms with van der Waals surface area (Å²) in [5.41, 5.74) is -0.0853. The molecular weight excluding hydrogens is 314 g/mol. The molecule has 0 atom stereocenters. The first-order chi connectivity index (χ1) is 9.83. The summed E-state index contributed by atoms with van der Waals surface area (Å²) in [4.78, 5) is 16.1. The van der Waals surface area contributed by atoms with Gasteiger partial charge in [0.1, 0.15) is 15.6 Å². The summed E-state index contributed by atoms with van der Waals surface area (Å²) in [5, 5.41) is 9.61. The molecule has 0 saturated carbocycles. The summed E-state index contributed by atoms with van der Waals surface area (Å²) in [6, 6.07) is 1.13. The van der Waals surface area contributed by atoms with Crippen LogP contribution in [0.25, 0.3) is 0 Å². The topological polar surface area (TPSA) is 101 Å². The molecular formula is C12H15N3O4S2. The number of carboxylic acids is 1. The van der Waals surface area contributed by atoms with Crippen LogP contribution in [0.15, 0.2) is 23.4 Å². The van der Waals surface area contributed by atoms with E-state index in [1.54, 1.807) is 6.20 Å². The van der Waals surface area contributed by atoms with Crippen molar-refractivity contribution in [2.75, 3.05) is 0 Å². The Bertz CT molecular complexity index is 761. The zero-order valence-corrected chi connectivity index (χ0v) is 13.2. The van der Waals surface area contributed by atoms with Crippen molar-refractivity contribution in [3.05, 3.63) is 34.0 Å². The molecule has 7 nitrogen and oxygen atoms in total. The number of carbonyl (C=O) groups is 1. The van der Waals surface area contributed by atoms with Gasteiger partial charge in [-0.15, -0.1) is 11.3 Å². The molecule has 0 radical (unpaired) electrons. The number of nitrogens with one attached hydrogen (secondary N) is 1. The molecule has 2 aromatic heterocycles. The van der Waals surface area contributed by atoms with Crippen molar-refractivity contribution >= 4 is 27.3 Å². The van der Waals surface area contributed by atoms with Crippen LogP contribution < -0.4 is 4.72 Å². The molecule has 0 spiro atoms. The third kappa shape index (κ3) is 3.49. The van der Waals surface area contributed by atoms with Gasteiger partial charge in [-0.1, -0.05) is 6.92 Å². The van der Waals surface area contributed by atoms with E-state index in [1.165, 1.54) is 29.1 Å². The van der Waals surface area contributed by atoms with Crippen LogP contribution in [0.2, 0.25) is 0 Å². The largest absolute Gasteiger partial charge is 0.477 e. The Hall–Kier alpha value is -1.71. The van der Waals surface area contributed by atoms with Gasteiger partial charge in [0.25, 0.3) is 0 Å². The number of nitrogens with zero attached hydrogens (tertiary/aromatic N) is 2. The SMILES string of the molecule is CCc1cnc(CNS(=O)(=O)c2cc(C(=O)O)n(C)c2)s1. The zero-order valence-electron chi connectivity index (χ0n) is 11.5. The van der Waals surface area contributed by atoms with Crippen molar-refractivity contribution in [1.82, 2.24) is 14.3 Å². The van der Waals surface area contributed by atoms with Gasteiger partial charge >= 0.3 is 5.97 Å². The van der Waals surface area contributed by atoms with E-state index < -0.39 is 16.0 Å². The molecule has 0 aliphatic heterocycles. The monoisotopic (exact) mass is 329 g/mol. The molecule has 0 saturated heterocycles. The highest BCUT2D eigenvalue weighted by Gasteiger charge is 2.20. The van der Waals surface area contributed by atoms with E-state index in [0.717, 1.165) is 17.4 Å². The van der Waals surface area contributed by atoms with Crippen molar-refractivity contribution < 1.29 is 18.3 Å². The maximum absolute atomic E-state index is 12.1. The number of aromatic nitrogens is 2. The van der Waals surface area contributed by atoms with E-state index >= 15 is 0 Å². The minimum absolute atomic E-state index is 0.0744. The predicted molar refractivity (Wildman–Crippen MR) is 77.9 cm³/mol. The molecule has 0 bridgehead atoms. The van der Waals surface area contributed by atoms with Gasteiger partial charge in [-0.3, -0.25) is 0 Å². The fourth-order valence-corrected chi connectivity index (χ4v) is 3.68. The number of carboxylic acid groups (broad SMARTS) is 1. The number of sulfonamides is 1. The van der Waals surface area contributed by atoms with E-state index in [2.05, 4.69) is 9.71 Å². The van der Waals surface area contributed by atoms with Crippen LogP contribution in [0.1, 0.15) is 27.3 Å². The summed E-state index contributed by atoms with van der Waals surface area (Å²) in [7, 11) is -2.28. The molecule has 0 aromatic carbocycles. The van der Waals surface area contributed by atoms with E-state index in [1.807, 2.05) is 6.92 Å². The number of rotatable bonds is 6. The Kier molecular flexibility index (Phi) is 4.45. The third-order valence-corrected chi connectivity index (χ3v) is 5.38. The summed E-state index contributed by atoms with van der Waals surface area (Å²) in [5.74, 6) is -1.17. The van der Waals surface area contributed by atoms with Crippen molar-refractivity contribution in [3.8, 4) is 0 Å². The first-order valence-corrected chi connectivity index (χ1v) is 8.46. The highest BCUT2D eigenvalue weighted by Crippen LogP contribution is 2.16. The number of aromatic carboxylic acids is 1. The fourth-order valence-electron chi connectivity index (χ4n) is 1.73. The lowest BCUT2D eigenvalue weighted by Gasteiger charge is -2.02. The van der Waals surface area contributed by atoms with Gasteiger partial charge in [-0.25, -0.2) is 22.9 Å². The predicted octanol–water partition coefficient (Wildman–Crippen LogP) is 1.22. The van der Waals surface area contributed by atoms with Crippen molar-refractivity contribution in [2.45, 2.75) is 24.8 Å². The average molecular weight is 329 g/mol. The van der Waals surface area contributed by atoms with Gasteiger partial charge in [-0.2, -0.15) is 0 Å². The smallest absolute Gasteiger partial charge is 0.352 e. The second-order valence-electron chi connectivity index (χ2n) is 4.38. The quantitative estimate of drug-likeness (QED) is 0.830. The molecule has 114 valence electrons. The number of hydrogen-bond acceptors (Lipinski definition) is 5. The second-order valence-corrected chi connectivity index (χ2v) is 7.34. The van der Waals surface area contributed by atoms with Crippen molar-refractivity contribution in [3.63, 3.8) is 0 Å². The first kappa shape index (κ1) is 15.7. The van der Waals surface area contributed by atoms with Gasteiger partial charge in [0, 0.05) is 24.3 Å². The van der Waals surface area contributed by atoms with Crippen molar-refractivity contribution in [1.29, 1.82) is 0 Å². The summed E-state index contributed by atoms with van der Waals surface area (Å²) >= 11 is 1.44. The lowest BCUT2D eigenvalue weighted by atomic mass is 10.4. The van der Waals surface area contributed by atoms with Crippen LogP contribution in [0.5, 0.6) is 0 Å². The number of thiazole rings is 1. The van der Waals surface area contributed by atoms with E-state index in [0.29, 0.717) is 5.01 Å². The first-order valence-electron chi connectivity index (χ1n) is 6.16. The fraction of sp³-hybridized carbons (Fsp3) is 0.333. The number of aryl methyl sites for hydroxylation is 2. The molecule has 0 fully saturated rings. The Morgan fingerprint density at radius 1 is 1.52 bits per heavy atom. The Morgan fingerprint density at radius 2 is 2.24 bits per heavy atom. The Balaban J connectivity index is 2.14. The second kappa shape index (κ2) is 5.96. The minimum atomic E-state index is -3.76. The molecule has 0 aliphatic rings. The number of hydrogen-bond donors (Lipinski definition) is 2. The molecule has 9 heteroatoms. The van der Waals surface area contributed by atoms with E-state index in [-0.39, 0.29) is 17.1 Å². The van der Waals surface area contributed by atoms with Crippen LogP contribution in [-0.2, 0) is 30.0 Å². The van der Waals surface area contributed by atoms with Crippen LogP contribution in [0.3, 0.4) is 0 Å². The van der Waals surface area contributed by atoms with Gasteiger partial charge < -0.3 is 9.67 Å². The zero-order chi connectivity index (χ0) is 15.6. The molecule has 2 aromatic rings. The highest BCUT2D eigenvalue weighted by molar-refractivity contribution is 7.89. The lowest BCUT2D eigenvalue weighted by molar-refractivity contribution is 0.0686. The summed E-state index contributed by atoms with van der Waals surface area (Å²) in [6.45, 7) is 2.09. The van der Waals surface area contributed by atoms with E-state index in [4.69, 9.17) is 5.11 Å². The average Bonchev–Trinajstić information content (AvgIpc) is 3.02. The van der Waals surface area contributed by atoms with Gasteiger partial charge in [0.05, 0.1) is 6.54 Å². The van der Waals surface area contributed by atoms with Gasteiger partial charge in [0.2, 0.25) is 10.0 Å². The van der Waals surface area contributed by atoms with Gasteiger partial charge in [0.15, 0.2) is 0 Å². The van der Waals surface area contributed by atoms with Crippen LogP contribution in [0.4, 0.5) is 0 Å². The van der Waals surface area contributed by atoms with E-state index in [9.17, 15) is 13.2 Å². The van der Waals surface area contributed by atoms with Crippen LogP contribution >= 0.6 is 11.3 Å².